The summed E-state index contributed by atoms with van der Waals surface area (Å²) in [7, 11) is 1.82. The minimum Gasteiger partial charge on any atom is -0.309 e. The molecule has 1 aromatic carbocycles. The number of nitrogens with zero attached hydrogens (tertiary/aromatic N) is 2. The molecule has 1 unspecified atom stereocenters. The lowest BCUT2D eigenvalue weighted by molar-refractivity contribution is 0.573. The third kappa shape index (κ3) is 3.22. The smallest absolute Gasteiger partial charge is 0.128 e. The number of hydrogen-bond donors (Lipinski definition) is 1. The van der Waals surface area contributed by atoms with E-state index < -0.39 is 0 Å². The second-order valence-electron chi connectivity index (χ2n) is 4.42. The van der Waals surface area contributed by atoms with Crippen molar-refractivity contribution < 1.29 is 4.39 Å². The van der Waals surface area contributed by atoms with Gasteiger partial charge in [-0.2, -0.15) is 5.10 Å². The zero-order valence-electron chi connectivity index (χ0n) is 11.0. The molecule has 0 aliphatic carbocycles. The van der Waals surface area contributed by atoms with Crippen molar-refractivity contribution in [1.29, 1.82) is 0 Å². The standard InChI is InChI=1S/C14H17BrFN3/c1-3-6-19-9-10(8-18-19)14(17-2)12-7-11(15)4-5-13(12)16/h4-5,7-9,14,17H,3,6H2,1-2H3. The van der Waals surface area contributed by atoms with Crippen LogP contribution in [0, 0.1) is 5.82 Å². The summed E-state index contributed by atoms with van der Waals surface area (Å²) in [5.74, 6) is -0.217. The molecule has 0 saturated carbocycles. The molecule has 0 aliphatic heterocycles. The van der Waals surface area contributed by atoms with Crippen LogP contribution < -0.4 is 5.32 Å². The molecule has 1 heterocycles. The molecule has 19 heavy (non-hydrogen) atoms. The predicted octanol–water partition coefficient (Wildman–Crippen LogP) is 3.50. The first-order valence-corrected chi connectivity index (χ1v) is 7.09. The lowest BCUT2D eigenvalue weighted by Crippen LogP contribution is -2.18. The molecular weight excluding hydrogens is 309 g/mol. The molecule has 0 fully saturated rings. The average Bonchev–Trinajstić information content (AvgIpc) is 2.83. The maximum absolute atomic E-state index is 14.0. The highest BCUT2D eigenvalue weighted by atomic mass is 79.9. The first-order valence-electron chi connectivity index (χ1n) is 6.30. The van der Waals surface area contributed by atoms with Gasteiger partial charge >= 0.3 is 0 Å². The summed E-state index contributed by atoms with van der Waals surface area (Å²) in [6.45, 7) is 2.97. The maximum Gasteiger partial charge on any atom is 0.128 e. The van der Waals surface area contributed by atoms with Gasteiger partial charge in [0.1, 0.15) is 5.82 Å². The number of benzene rings is 1. The fourth-order valence-corrected chi connectivity index (χ4v) is 2.50. The van der Waals surface area contributed by atoms with Crippen LogP contribution in [0.2, 0.25) is 0 Å². The van der Waals surface area contributed by atoms with Crippen LogP contribution in [-0.2, 0) is 6.54 Å². The van der Waals surface area contributed by atoms with E-state index in [4.69, 9.17) is 0 Å². The van der Waals surface area contributed by atoms with Crippen molar-refractivity contribution in [2.75, 3.05) is 7.05 Å². The molecule has 2 aromatic rings. The second kappa shape index (κ2) is 6.30. The Morgan fingerprint density at radius 2 is 2.26 bits per heavy atom. The van der Waals surface area contributed by atoms with Gasteiger partial charge in [-0.15, -0.1) is 0 Å². The summed E-state index contributed by atoms with van der Waals surface area (Å²) in [6.07, 6.45) is 4.78. The van der Waals surface area contributed by atoms with Crippen molar-refractivity contribution in [3.05, 3.63) is 52.0 Å². The predicted molar refractivity (Wildman–Crippen MR) is 77.5 cm³/mol. The van der Waals surface area contributed by atoms with E-state index in [0.29, 0.717) is 5.56 Å². The topological polar surface area (TPSA) is 29.9 Å². The van der Waals surface area contributed by atoms with Crippen molar-refractivity contribution in [1.82, 2.24) is 15.1 Å². The van der Waals surface area contributed by atoms with Gasteiger partial charge in [-0.05, 0) is 31.7 Å². The maximum atomic E-state index is 14.0. The SMILES string of the molecule is CCCn1cc(C(NC)c2cc(Br)ccc2F)cn1. The van der Waals surface area contributed by atoms with Crippen molar-refractivity contribution in [2.24, 2.45) is 0 Å². The van der Waals surface area contributed by atoms with Crippen molar-refractivity contribution in [3.8, 4) is 0 Å². The molecule has 0 radical (unpaired) electrons. The molecule has 0 aliphatic rings. The Labute approximate surface area is 121 Å². The summed E-state index contributed by atoms with van der Waals surface area (Å²) < 4.78 is 16.7. The van der Waals surface area contributed by atoms with Crippen molar-refractivity contribution >= 4 is 15.9 Å². The highest BCUT2D eigenvalue weighted by molar-refractivity contribution is 9.10. The normalized spacial score (nSPS) is 12.6. The molecule has 1 N–H and O–H groups in total. The molecule has 0 saturated heterocycles. The van der Waals surface area contributed by atoms with Gasteiger partial charge < -0.3 is 5.32 Å². The van der Waals surface area contributed by atoms with Gasteiger partial charge in [-0.25, -0.2) is 4.39 Å². The van der Waals surface area contributed by atoms with Crippen LogP contribution >= 0.6 is 15.9 Å². The van der Waals surface area contributed by atoms with Crippen molar-refractivity contribution in [2.45, 2.75) is 25.9 Å². The summed E-state index contributed by atoms with van der Waals surface area (Å²) in [4.78, 5) is 0. The highest BCUT2D eigenvalue weighted by Crippen LogP contribution is 2.26. The molecule has 3 nitrogen and oxygen atoms in total. The number of rotatable bonds is 5. The number of nitrogens with one attached hydrogen (secondary N) is 1. The molecular formula is C14H17BrFN3. The van der Waals surface area contributed by atoms with E-state index in [9.17, 15) is 4.39 Å². The fraction of sp³-hybridized carbons (Fsp3) is 0.357. The number of halogens is 2. The van der Waals surface area contributed by atoms with Crippen LogP contribution in [0.1, 0.15) is 30.5 Å². The third-order valence-electron chi connectivity index (χ3n) is 3.00. The number of aromatic nitrogens is 2. The highest BCUT2D eigenvalue weighted by Gasteiger charge is 2.18. The summed E-state index contributed by atoms with van der Waals surface area (Å²) in [5, 5.41) is 7.44. The van der Waals surface area contributed by atoms with E-state index in [2.05, 4.69) is 33.3 Å². The lowest BCUT2D eigenvalue weighted by Gasteiger charge is -2.16. The van der Waals surface area contributed by atoms with Gasteiger partial charge in [0.2, 0.25) is 0 Å². The molecule has 1 atom stereocenters. The number of hydrogen-bond acceptors (Lipinski definition) is 2. The van der Waals surface area contributed by atoms with Gasteiger partial charge in [-0.3, -0.25) is 4.68 Å². The minimum absolute atomic E-state index is 0.192. The summed E-state index contributed by atoms with van der Waals surface area (Å²) in [6, 6.07) is 4.78. The van der Waals surface area contributed by atoms with Crippen LogP contribution in [0.25, 0.3) is 0 Å². The van der Waals surface area contributed by atoms with Gasteiger partial charge in [0.05, 0.1) is 12.2 Å². The van der Waals surface area contributed by atoms with Crippen LogP contribution in [0.4, 0.5) is 4.39 Å². The Morgan fingerprint density at radius 3 is 2.95 bits per heavy atom. The van der Waals surface area contributed by atoms with E-state index in [-0.39, 0.29) is 11.9 Å². The first kappa shape index (κ1) is 14.2. The van der Waals surface area contributed by atoms with E-state index in [1.165, 1.54) is 6.07 Å². The minimum atomic E-state index is -0.217. The van der Waals surface area contributed by atoms with E-state index in [1.54, 1.807) is 18.3 Å². The molecule has 5 heteroatoms. The third-order valence-corrected chi connectivity index (χ3v) is 3.49. The second-order valence-corrected chi connectivity index (χ2v) is 5.34. The summed E-state index contributed by atoms with van der Waals surface area (Å²) in [5.41, 5.74) is 1.58. The Morgan fingerprint density at radius 1 is 1.47 bits per heavy atom. The Hall–Kier alpha value is -1.20. The zero-order chi connectivity index (χ0) is 13.8. The van der Waals surface area contributed by atoms with Crippen LogP contribution in [0.3, 0.4) is 0 Å². The molecule has 2 rings (SSSR count). The van der Waals surface area contributed by atoms with E-state index in [1.807, 2.05) is 17.9 Å². The largest absolute Gasteiger partial charge is 0.309 e. The van der Waals surface area contributed by atoms with Gasteiger partial charge in [0.25, 0.3) is 0 Å². The molecule has 102 valence electrons. The number of aryl methyl sites for hydroxylation is 1. The van der Waals surface area contributed by atoms with Crippen LogP contribution in [0.5, 0.6) is 0 Å². The van der Waals surface area contributed by atoms with Crippen molar-refractivity contribution in [3.63, 3.8) is 0 Å². The Kier molecular flexibility index (Phi) is 4.71. The van der Waals surface area contributed by atoms with E-state index >= 15 is 0 Å². The molecule has 0 amide bonds. The van der Waals surface area contributed by atoms with Gasteiger partial charge in [-0.1, -0.05) is 22.9 Å². The molecule has 1 aromatic heterocycles. The Bertz CT molecular complexity index is 553. The molecule has 0 spiro atoms. The lowest BCUT2D eigenvalue weighted by atomic mass is 10.0. The monoisotopic (exact) mass is 325 g/mol. The van der Waals surface area contributed by atoms with Gasteiger partial charge in [0.15, 0.2) is 0 Å². The van der Waals surface area contributed by atoms with Crippen LogP contribution in [-0.4, -0.2) is 16.8 Å². The molecule has 0 bridgehead atoms. The van der Waals surface area contributed by atoms with Crippen LogP contribution in [0.15, 0.2) is 35.1 Å². The average molecular weight is 326 g/mol. The first-order chi connectivity index (χ1) is 9.15. The quantitative estimate of drug-likeness (QED) is 0.911. The Balaban J connectivity index is 2.35. The fourth-order valence-electron chi connectivity index (χ4n) is 2.12. The van der Waals surface area contributed by atoms with Gasteiger partial charge in [0, 0.05) is 28.3 Å². The van der Waals surface area contributed by atoms with E-state index in [0.717, 1.165) is 23.0 Å². The zero-order valence-corrected chi connectivity index (χ0v) is 12.6. The summed E-state index contributed by atoms with van der Waals surface area (Å²) >= 11 is 3.38.